The van der Waals surface area contributed by atoms with E-state index in [4.69, 9.17) is 4.74 Å². The molecule has 0 aliphatic carbocycles. The highest BCUT2D eigenvalue weighted by molar-refractivity contribution is 7.09. The smallest absolute Gasteiger partial charge is 0.358 e. The van der Waals surface area contributed by atoms with Crippen LogP contribution in [-0.4, -0.2) is 34.9 Å². The van der Waals surface area contributed by atoms with Gasteiger partial charge in [0.15, 0.2) is 5.69 Å². The highest BCUT2D eigenvalue weighted by atomic mass is 32.1. The van der Waals surface area contributed by atoms with Gasteiger partial charge in [-0.2, -0.15) is 5.10 Å². The quantitative estimate of drug-likeness (QED) is 0.611. The maximum Gasteiger partial charge on any atom is 0.358 e. The molecule has 8 heteroatoms. The van der Waals surface area contributed by atoms with Crippen LogP contribution in [0.15, 0.2) is 54.0 Å². The van der Waals surface area contributed by atoms with Crippen molar-refractivity contribution in [3.8, 4) is 5.69 Å². The van der Waals surface area contributed by atoms with Crippen LogP contribution in [0.25, 0.3) is 5.69 Å². The van der Waals surface area contributed by atoms with Crippen LogP contribution in [0.3, 0.4) is 0 Å². The molecule has 0 radical (unpaired) electrons. The number of nitrogens with one attached hydrogen (secondary N) is 2. The second-order valence-electron chi connectivity index (χ2n) is 5.62. The lowest BCUT2D eigenvalue weighted by Gasteiger charge is -2.08. The maximum atomic E-state index is 11.9. The first-order chi connectivity index (χ1) is 13.2. The molecule has 0 fully saturated rings. The van der Waals surface area contributed by atoms with Gasteiger partial charge in [0.05, 0.1) is 12.3 Å². The number of aromatic nitrogens is 2. The number of hydrogen-bond donors (Lipinski definition) is 2. The molecule has 0 saturated carbocycles. The Hall–Kier alpha value is -3.13. The molecule has 0 aliphatic rings. The lowest BCUT2D eigenvalue weighted by molar-refractivity contribution is 0.0519. The number of anilines is 1. The molecule has 2 amide bonds. The number of urea groups is 1. The Bertz CT molecular complexity index is 888. The third-order valence-corrected chi connectivity index (χ3v) is 4.64. The molecule has 0 unspecified atom stereocenters. The minimum Gasteiger partial charge on any atom is -0.461 e. The van der Waals surface area contributed by atoms with Gasteiger partial charge < -0.3 is 15.4 Å². The average Bonchev–Trinajstić information content (AvgIpc) is 3.34. The molecule has 1 aromatic carbocycles. The summed E-state index contributed by atoms with van der Waals surface area (Å²) in [6.45, 7) is 2.63. The summed E-state index contributed by atoms with van der Waals surface area (Å²) in [5.74, 6) is -0.450. The van der Waals surface area contributed by atoms with E-state index in [-0.39, 0.29) is 11.7 Å². The van der Waals surface area contributed by atoms with E-state index in [2.05, 4.69) is 15.7 Å². The van der Waals surface area contributed by atoms with Crippen LogP contribution < -0.4 is 10.6 Å². The summed E-state index contributed by atoms with van der Waals surface area (Å²) in [7, 11) is 0. The zero-order chi connectivity index (χ0) is 19.1. The van der Waals surface area contributed by atoms with Gasteiger partial charge in [-0.25, -0.2) is 14.3 Å². The predicted octanol–water partition coefficient (Wildman–Crippen LogP) is 3.47. The second kappa shape index (κ2) is 9.00. The van der Waals surface area contributed by atoms with Crippen molar-refractivity contribution in [2.45, 2.75) is 13.3 Å². The molecule has 0 aliphatic heterocycles. The lowest BCUT2D eigenvalue weighted by atomic mass is 10.3. The topological polar surface area (TPSA) is 85.2 Å². The molecule has 0 atom stereocenters. The minimum atomic E-state index is -0.450. The van der Waals surface area contributed by atoms with Gasteiger partial charge in [0.1, 0.15) is 0 Å². The van der Waals surface area contributed by atoms with Crippen molar-refractivity contribution in [3.63, 3.8) is 0 Å². The molecule has 0 bridgehead atoms. The maximum absolute atomic E-state index is 11.9. The number of benzene rings is 1. The Morgan fingerprint density at radius 1 is 1.19 bits per heavy atom. The monoisotopic (exact) mass is 384 g/mol. The van der Waals surface area contributed by atoms with E-state index in [0.717, 1.165) is 12.1 Å². The largest absolute Gasteiger partial charge is 0.461 e. The summed E-state index contributed by atoms with van der Waals surface area (Å²) in [5.41, 5.74) is 1.70. The zero-order valence-electron chi connectivity index (χ0n) is 14.8. The summed E-state index contributed by atoms with van der Waals surface area (Å²) in [4.78, 5) is 24.9. The first-order valence-corrected chi connectivity index (χ1v) is 9.44. The number of hydrogen-bond acceptors (Lipinski definition) is 5. The van der Waals surface area contributed by atoms with Gasteiger partial charge >= 0.3 is 12.0 Å². The van der Waals surface area contributed by atoms with E-state index in [0.29, 0.717) is 18.8 Å². The fourth-order valence-electron chi connectivity index (χ4n) is 2.41. The van der Waals surface area contributed by atoms with Crippen molar-refractivity contribution in [1.29, 1.82) is 0 Å². The van der Waals surface area contributed by atoms with E-state index >= 15 is 0 Å². The fraction of sp³-hybridized carbons (Fsp3) is 0.211. The number of nitrogens with zero attached hydrogens (tertiary/aromatic N) is 2. The number of amides is 2. The third-order valence-electron chi connectivity index (χ3n) is 3.70. The average molecular weight is 384 g/mol. The summed E-state index contributed by atoms with van der Waals surface area (Å²) < 4.78 is 6.51. The molecular weight excluding hydrogens is 364 g/mol. The number of carbonyl (C=O) groups excluding carboxylic acids is 2. The second-order valence-corrected chi connectivity index (χ2v) is 6.66. The number of thiophene rings is 1. The Morgan fingerprint density at radius 3 is 2.70 bits per heavy atom. The van der Waals surface area contributed by atoms with Gasteiger partial charge in [-0.1, -0.05) is 6.07 Å². The SMILES string of the molecule is CCOC(=O)c1ccn(-c2ccc(NC(=O)NCCc3cccs3)cc2)n1. The van der Waals surface area contributed by atoms with Crippen LogP contribution in [0.2, 0.25) is 0 Å². The summed E-state index contributed by atoms with van der Waals surface area (Å²) >= 11 is 1.68. The lowest BCUT2D eigenvalue weighted by Crippen LogP contribution is -2.30. The van der Waals surface area contributed by atoms with Crippen LogP contribution in [0, 0.1) is 0 Å². The molecule has 3 rings (SSSR count). The van der Waals surface area contributed by atoms with Crippen molar-refractivity contribution in [1.82, 2.24) is 15.1 Å². The Morgan fingerprint density at radius 2 is 2.00 bits per heavy atom. The van der Waals surface area contributed by atoms with E-state index in [1.54, 1.807) is 47.3 Å². The van der Waals surface area contributed by atoms with Gasteiger partial charge in [-0.3, -0.25) is 0 Å². The number of carbonyl (C=O) groups is 2. The van der Waals surface area contributed by atoms with Gasteiger partial charge in [0, 0.05) is 23.3 Å². The molecule has 3 aromatic rings. The normalized spacial score (nSPS) is 10.4. The van der Waals surface area contributed by atoms with Crippen LogP contribution >= 0.6 is 11.3 Å². The highest BCUT2D eigenvalue weighted by Crippen LogP contribution is 2.14. The van der Waals surface area contributed by atoms with Gasteiger partial charge in [-0.15, -0.1) is 11.3 Å². The van der Waals surface area contributed by atoms with Crippen LogP contribution in [0.4, 0.5) is 10.5 Å². The summed E-state index contributed by atoms with van der Waals surface area (Å²) in [6, 6.07) is 12.6. The Kier molecular flexibility index (Phi) is 6.22. The van der Waals surface area contributed by atoms with Crippen molar-refractivity contribution in [2.75, 3.05) is 18.5 Å². The van der Waals surface area contributed by atoms with E-state index in [9.17, 15) is 9.59 Å². The Balaban J connectivity index is 1.52. The predicted molar refractivity (Wildman–Crippen MR) is 105 cm³/mol. The standard InChI is InChI=1S/C19H20N4O3S/c1-2-26-18(24)17-10-12-23(22-17)15-7-5-14(6-8-15)21-19(25)20-11-9-16-4-3-13-27-16/h3-8,10,12-13H,2,9,11H2,1H3,(H2,20,21,25). The third kappa shape index (κ3) is 5.18. The van der Waals surface area contributed by atoms with Crippen LogP contribution in [0.5, 0.6) is 0 Å². The molecule has 2 heterocycles. The van der Waals surface area contributed by atoms with Crippen LogP contribution in [-0.2, 0) is 11.2 Å². The summed E-state index contributed by atoms with van der Waals surface area (Å²) in [6.07, 6.45) is 2.50. The molecule has 27 heavy (non-hydrogen) atoms. The van der Waals surface area contributed by atoms with Crippen molar-refractivity contribution in [2.24, 2.45) is 0 Å². The molecule has 7 nitrogen and oxygen atoms in total. The van der Waals surface area contributed by atoms with Gasteiger partial charge in [0.25, 0.3) is 0 Å². The Labute approximate surface area is 161 Å². The molecular formula is C19H20N4O3S. The number of ether oxygens (including phenoxy) is 1. The number of esters is 1. The van der Waals surface area contributed by atoms with Crippen LogP contribution in [0.1, 0.15) is 22.3 Å². The van der Waals surface area contributed by atoms with Crippen molar-refractivity contribution >= 4 is 29.0 Å². The first kappa shape index (κ1) is 18.7. The highest BCUT2D eigenvalue weighted by Gasteiger charge is 2.11. The molecule has 2 aromatic heterocycles. The van der Waals surface area contributed by atoms with Gasteiger partial charge in [-0.05, 0) is 55.1 Å². The van der Waals surface area contributed by atoms with Crippen molar-refractivity contribution in [3.05, 3.63) is 64.6 Å². The van der Waals surface area contributed by atoms with E-state index < -0.39 is 5.97 Å². The summed E-state index contributed by atoms with van der Waals surface area (Å²) in [5, 5.41) is 11.8. The number of rotatable bonds is 7. The van der Waals surface area contributed by atoms with Gasteiger partial charge in [0.2, 0.25) is 0 Å². The van der Waals surface area contributed by atoms with Crippen molar-refractivity contribution < 1.29 is 14.3 Å². The fourth-order valence-corrected chi connectivity index (χ4v) is 3.12. The molecule has 0 saturated heterocycles. The minimum absolute atomic E-state index is 0.247. The first-order valence-electron chi connectivity index (χ1n) is 8.56. The zero-order valence-corrected chi connectivity index (χ0v) is 15.7. The molecule has 2 N–H and O–H groups in total. The molecule has 0 spiro atoms. The van der Waals surface area contributed by atoms with E-state index in [1.165, 1.54) is 4.88 Å². The molecule has 140 valence electrons. The van der Waals surface area contributed by atoms with E-state index in [1.807, 2.05) is 29.6 Å².